The molecule has 0 radical (unpaired) electrons. The molecule has 1 rings (SSSR count). The normalized spacial score (nSPS) is 12.9. The van der Waals surface area contributed by atoms with E-state index in [0.29, 0.717) is 11.8 Å². The first-order chi connectivity index (χ1) is 6.57. The molecule has 0 bridgehead atoms. The lowest BCUT2D eigenvalue weighted by atomic mass is 10.0. The Morgan fingerprint density at radius 1 is 1.43 bits per heavy atom. The monoisotopic (exact) mass is 195 g/mol. The summed E-state index contributed by atoms with van der Waals surface area (Å²) in [4.78, 5) is 12.4. The average Bonchev–Trinajstić information content (AvgIpc) is 2.17. The lowest BCUT2D eigenvalue weighted by Crippen LogP contribution is -2.18. The fraction of sp³-hybridized carbons (Fsp3) is 0.364. The first kappa shape index (κ1) is 10.9. The molecule has 3 heteroatoms. The van der Waals surface area contributed by atoms with Gasteiger partial charge in [0.15, 0.2) is 6.29 Å². The lowest BCUT2D eigenvalue weighted by Gasteiger charge is -2.20. The Bertz CT molecular complexity index is 336. The Balaban J connectivity index is 3.15. The summed E-state index contributed by atoms with van der Waals surface area (Å²) >= 11 is 0. The van der Waals surface area contributed by atoms with E-state index in [4.69, 9.17) is 0 Å². The lowest BCUT2D eigenvalue weighted by molar-refractivity contribution is 0.111. The highest BCUT2D eigenvalue weighted by molar-refractivity contribution is 5.75. The first-order valence-corrected chi connectivity index (χ1v) is 4.48. The second-order valence-electron chi connectivity index (χ2n) is 3.51. The van der Waals surface area contributed by atoms with E-state index in [1.807, 2.05) is 25.9 Å². The van der Waals surface area contributed by atoms with Gasteiger partial charge in [-0.1, -0.05) is 12.1 Å². The van der Waals surface area contributed by atoms with Crippen LogP contribution in [0, 0.1) is 5.82 Å². The molecule has 0 amide bonds. The number of benzene rings is 1. The van der Waals surface area contributed by atoms with Crippen molar-refractivity contribution in [3.63, 3.8) is 0 Å². The molecule has 0 saturated carbocycles. The van der Waals surface area contributed by atoms with Gasteiger partial charge in [0.2, 0.25) is 0 Å². The Hall–Kier alpha value is -1.22. The van der Waals surface area contributed by atoms with E-state index in [2.05, 4.69) is 0 Å². The molecule has 0 saturated heterocycles. The SMILES string of the molecule is CC(c1cccc(C=O)c1F)N(C)C. The van der Waals surface area contributed by atoms with Crippen molar-refractivity contribution in [2.45, 2.75) is 13.0 Å². The second kappa shape index (κ2) is 4.33. The molecular formula is C11H14FNO. The fourth-order valence-electron chi connectivity index (χ4n) is 1.26. The summed E-state index contributed by atoms with van der Waals surface area (Å²) in [5.74, 6) is -0.413. The number of rotatable bonds is 3. The molecule has 0 spiro atoms. The molecule has 2 nitrogen and oxygen atoms in total. The van der Waals surface area contributed by atoms with Gasteiger partial charge in [0.05, 0.1) is 5.56 Å². The predicted molar refractivity (Wildman–Crippen MR) is 53.9 cm³/mol. The van der Waals surface area contributed by atoms with E-state index in [9.17, 15) is 9.18 Å². The average molecular weight is 195 g/mol. The Morgan fingerprint density at radius 2 is 2.07 bits per heavy atom. The maximum absolute atomic E-state index is 13.6. The van der Waals surface area contributed by atoms with Crippen LogP contribution in [0.4, 0.5) is 4.39 Å². The zero-order valence-electron chi connectivity index (χ0n) is 8.62. The molecule has 0 N–H and O–H groups in total. The number of halogens is 1. The van der Waals surface area contributed by atoms with Gasteiger partial charge in [-0.25, -0.2) is 4.39 Å². The van der Waals surface area contributed by atoms with Crippen molar-refractivity contribution in [1.82, 2.24) is 4.90 Å². The summed E-state index contributed by atoms with van der Waals surface area (Å²) in [6.45, 7) is 1.90. The third-order valence-corrected chi connectivity index (χ3v) is 2.41. The molecule has 0 aliphatic rings. The van der Waals surface area contributed by atoms with Crippen molar-refractivity contribution in [3.8, 4) is 0 Å². The van der Waals surface area contributed by atoms with Gasteiger partial charge in [-0.2, -0.15) is 0 Å². The number of carbonyl (C=O) groups is 1. The summed E-state index contributed by atoms with van der Waals surface area (Å²) in [5.41, 5.74) is 0.677. The molecule has 76 valence electrons. The summed E-state index contributed by atoms with van der Waals surface area (Å²) in [7, 11) is 3.75. The Morgan fingerprint density at radius 3 is 2.57 bits per heavy atom. The van der Waals surface area contributed by atoms with Crippen LogP contribution in [0.2, 0.25) is 0 Å². The molecule has 14 heavy (non-hydrogen) atoms. The van der Waals surface area contributed by atoms with Gasteiger partial charge in [0.1, 0.15) is 5.82 Å². The second-order valence-corrected chi connectivity index (χ2v) is 3.51. The van der Waals surface area contributed by atoms with Crippen LogP contribution < -0.4 is 0 Å². The van der Waals surface area contributed by atoms with Gasteiger partial charge in [-0.05, 0) is 27.1 Å². The first-order valence-electron chi connectivity index (χ1n) is 4.48. The quantitative estimate of drug-likeness (QED) is 0.689. The maximum Gasteiger partial charge on any atom is 0.153 e. The standard InChI is InChI=1S/C11H14FNO/c1-8(13(2)3)10-6-4-5-9(7-14)11(10)12/h4-8H,1-3H3. The molecule has 0 aromatic heterocycles. The van der Waals surface area contributed by atoms with Gasteiger partial charge in [-0.3, -0.25) is 4.79 Å². The molecular weight excluding hydrogens is 181 g/mol. The largest absolute Gasteiger partial charge is 0.303 e. The minimum absolute atomic E-state index is 0.0325. The van der Waals surface area contributed by atoms with Crippen LogP contribution in [-0.4, -0.2) is 25.3 Å². The van der Waals surface area contributed by atoms with Gasteiger partial charge in [0.25, 0.3) is 0 Å². The Kier molecular flexibility index (Phi) is 3.36. The fourth-order valence-corrected chi connectivity index (χ4v) is 1.26. The van der Waals surface area contributed by atoms with Gasteiger partial charge in [0, 0.05) is 11.6 Å². The van der Waals surface area contributed by atoms with Crippen molar-refractivity contribution >= 4 is 6.29 Å². The molecule has 1 unspecified atom stereocenters. The molecule has 0 heterocycles. The van der Waals surface area contributed by atoms with Gasteiger partial charge in [-0.15, -0.1) is 0 Å². The molecule has 0 aliphatic carbocycles. The van der Waals surface area contributed by atoms with E-state index in [1.54, 1.807) is 12.1 Å². The van der Waals surface area contributed by atoms with E-state index >= 15 is 0 Å². The van der Waals surface area contributed by atoms with Crippen LogP contribution in [0.1, 0.15) is 28.9 Å². The minimum Gasteiger partial charge on any atom is -0.303 e. The van der Waals surface area contributed by atoms with Gasteiger partial charge < -0.3 is 4.90 Å². The van der Waals surface area contributed by atoms with Crippen LogP contribution in [-0.2, 0) is 0 Å². The molecule has 1 aromatic carbocycles. The summed E-state index contributed by atoms with van der Waals surface area (Å²) in [6, 6.07) is 4.85. The number of hydrogen-bond donors (Lipinski definition) is 0. The zero-order valence-corrected chi connectivity index (χ0v) is 8.62. The molecule has 1 aromatic rings. The van der Waals surface area contributed by atoms with Crippen molar-refractivity contribution in [2.75, 3.05) is 14.1 Å². The molecule has 1 atom stereocenters. The number of nitrogens with zero attached hydrogens (tertiary/aromatic N) is 1. The zero-order chi connectivity index (χ0) is 10.7. The summed E-state index contributed by atoms with van der Waals surface area (Å²) in [5, 5.41) is 0. The van der Waals surface area contributed by atoms with Gasteiger partial charge >= 0.3 is 0 Å². The summed E-state index contributed by atoms with van der Waals surface area (Å²) in [6.07, 6.45) is 0.543. The predicted octanol–water partition coefficient (Wildman–Crippen LogP) is 2.26. The van der Waals surface area contributed by atoms with Crippen molar-refractivity contribution < 1.29 is 9.18 Å². The van der Waals surface area contributed by atoms with Crippen LogP contribution >= 0.6 is 0 Å². The van der Waals surface area contributed by atoms with Crippen LogP contribution in [0.25, 0.3) is 0 Å². The smallest absolute Gasteiger partial charge is 0.153 e. The van der Waals surface area contributed by atoms with Crippen molar-refractivity contribution in [1.29, 1.82) is 0 Å². The highest BCUT2D eigenvalue weighted by Crippen LogP contribution is 2.22. The van der Waals surface area contributed by atoms with E-state index < -0.39 is 5.82 Å². The molecule has 0 aliphatic heterocycles. The number of carbonyl (C=O) groups excluding carboxylic acids is 1. The van der Waals surface area contributed by atoms with E-state index in [0.717, 1.165) is 0 Å². The van der Waals surface area contributed by atoms with E-state index in [-0.39, 0.29) is 11.6 Å². The van der Waals surface area contributed by atoms with Crippen LogP contribution in [0.5, 0.6) is 0 Å². The van der Waals surface area contributed by atoms with Crippen LogP contribution in [0.3, 0.4) is 0 Å². The van der Waals surface area contributed by atoms with Crippen molar-refractivity contribution in [3.05, 3.63) is 35.1 Å². The topological polar surface area (TPSA) is 20.3 Å². The maximum atomic E-state index is 13.6. The van der Waals surface area contributed by atoms with Crippen molar-refractivity contribution in [2.24, 2.45) is 0 Å². The highest BCUT2D eigenvalue weighted by atomic mass is 19.1. The number of aldehydes is 1. The minimum atomic E-state index is -0.413. The Labute approximate surface area is 83.3 Å². The highest BCUT2D eigenvalue weighted by Gasteiger charge is 2.14. The third kappa shape index (κ3) is 1.99. The third-order valence-electron chi connectivity index (χ3n) is 2.41. The molecule has 0 fully saturated rings. The summed E-state index contributed by atoms with van der Waals surface area (Å²) < 4.78 is 13.6. The van der Waals surface area contributed by atoms with Crippen LogP contribution in [0.15, 0.2) is 18.2 Å². The van der Waals surface area contributed by atoms with E-state index in [1.165, 1.54) is 6.07 Å². The number of hydrogen-bond acceptors (Lipinski definition) is 2.